The smallest absolute Gasteiger partial charge is 0.205 e. The van der Waals surface area contributed by atoms with Crippen LogP contribution in [-0.2, 0) is 19.5 Å². The molecule has 0 radical (unpaired) electrons. The maximum atomic E-state index is 5.69. The van der Waals surface area contributed by atoms with Gasteiger partial charge in [0.05, 0.1) is 5.69 Å². The van der Waals surface area contributed by atoms with E-state index in [1.807, 2.05) is 14.1 Å². The van der Waals surface area contributed by atoms with Crippen LogP contribution < -0.4 is 10.6 Å². The summed E-state index contributed by atoms with van der Waals surface area (Å²) in [5.74, 6) is 1.06. The highest BCUT2D eigenvalue weighted by Gasteiger charge is 2.19. The Morgan fingerprint density at radius 3 is 2.86 bits per heavy atom. The van der Waals surface area contributed by atoms with Crippen molar-refractivity contribution < 1.29 is 0 Å². The normalized spacial score (nSPS) is 15.4. The summed E-state index contributed by atoms with van der Waals surface area (Å²) in [6.07, 6.45) is 3.66. The third-order valence-corrected chi connectivity index (χ3v) is 2.77. The molecule has 1 aromatic rings. The standard InChI is InChI=1S/C10H18N4/c1-13(2)10-12-8(7-11)9-5-3-4-6-14(9)10/h3-7,11H2,1-2H3. The largest absolute Gasteiger partial charge is 0.348 e. The summed E-state index contributed by atoms with van der Waals surface area (Å²) in [4.78, 5) is 6.64. The number of nitrogens with two attached hydrogens (primary N) is 1. The van der Waals surface area contributed by atoms with Gasteiger partial charge in [-0.15, -0.1) is 0 Å². The van der Waals surface area contributed by atoms with E-state index in [0.29, 0.717) is 6.54 Å². The Morgan fingerprint density at radius 2 is 2.21 bits per heavy atom. The minimum atomic E-state index is 0.559. The quantitative estimate of drug-likeness (QED) is 0.755. The lowest BCUT2D eigenvalue weighted by molar-refractivity contribution is 0.529. The molecule has 4 nitrogen and oxygen atoms in total. The lowest BCUT2D eigenvalue weighted by Gasteiger charge is -2.19. The Labute approximate surface area is 84.7 Å². The zero-order chi connectivity index (χ0) is 10.1. The van der Waals surface area contributed by atoms with Crippen LogP contribution in [0.15, 0.2) is 0 Å². The number of aromatic nitrogens is 2. The first-order valence-corrected chi connectivity index (χ1v) is 5.19. The van der Waals surface area contributed by atoms with E-state index in [2.05, 4.69) is 14.5 Å². The minimum absolute atomic E-state index is 0.559. The van der Waals surface area contributed by atoms with Gasteiger partial charge < -0.3 is 15.2 Å². The van der Waals surface area contributed by atoms with Gasteiger partial charge in [0.2, 0.25) is 5.95 Å². The molecule has 2 rings (SSSR count). The first-order chi connectivity index (χ1) is 6.74. The van der Waals surface area contributed by atoms with Crippen molar-refractivity contribution in [3.63, 3.8) is 0 Å². The van der Waals surface area contributed by atoms with Crippen LogP contribution in [0.4, 0.5) is 5.95 Å². The zero-order valence-corrected chi connectivity index (χ0v) is 8.95. The molecule has 0 saturated carbocycles. The Morgan fingerprint density at radius 1 is 1.43 bits per heavy atom. The molecule has 0 fully saturated rings. The highest BCUT2D eigenvalue weighted by atomic mass is 15.3. The maximum absolute atomic E-state index is 5.69. The van der Waals surface area contributed by atoms with Gasteiger partial charge >= 0.3 is 0 Å². The summed E-state index contributed by atoms with van der Waals surface area (Å²) < 4.78 is 2.31. The SMILES string of the molecule is CN(C)c1nc(CN)c2n1CCCC2. The Hall–Kier alpha value is -1.03. The number of nitrogens with zero attached hydrogens (tertiary/aromatic N) is 3. The topological polar surface area (TPSA) is 47.1 Å². The molecule has 0 amide bonds. The average Bonchev–Trinajstić information content (AvgIpc) is 2.56. The van der Waals surface area contributed by atoms with Gasteiger partial charge in [0.1, 0.15) is 0 Å². The molecular weight excluding hydrogens is 176 g/mol. The van der Waals surface area contributed by atoms with Crippen LogP contribution in [0.5, 0.6) is 0 Å². The molecule has 0 saturated heterocycles. The van der Waals surface area contributed by atoms with E-state index in [0.717, 1.165) is 24.6 Å². The van der Waals surface area contributed by atoms with Gasteiger partial charge in [-0.3, -0.25) is 0 Å². The first kappa shape index (κ1) is 9.52. The summed E-state index contributed by atoms with van der Waals surface area (Å²) in [5.41, 5.74) is 8.12. The van der Waals surface area contributed by atoms with Crippen LogP contribution in [-0.4, -0.2) is 23.6 Å². The van der Waals surface area contributed by atoms with Crippen molar-refractivity contribution >= 4 is 5.95 Å². The van der Waals surface area contributed by atoms with Crippen LogP contribution in [0.25, 0.3) is 0 Å². The van der Waals surface area contributed by atoms with Crippen molar-refractivity contribution in [3.05, 3.63) is 11.4 Å². The molecule has 78 valence electrons. The molecule has 0 aromatic carbocycles. The van der Waals surface area contributed by atoms with Crippen LogP contribution in [0.1, 0.15) is 24.2 Å². The Kier molecular flexibility index (Phi) is 2.46. The number of imidazole rings is 1. The third kappa shape index (κ3) is 1.39. The monoisotopic (exact) mass is 194 g/mol. The highest BCUT2D eigenvalue weighted by molar-refractivity contribution is 5.36. The molecule has 1 aliphatic heterocycles. The fourth-order valence-corrected chi connectivity index (χ4v) is 2.10. The van der Waals surface area contributed by atoms with E-state index in [-0.39, 0.29) is 0 Å². The minimum Gasteiger partial charge on any atom is -0.348 e. The molecule has 2 heterocycles. The van der Waals surface area contributed by atoms with Crippen molar-refractivity contribution in [2.75, 3.05) is 19.0 Å². The molecule has 0 spiro atoms. The van der Waals surface area contributed by atoms with Crippen LogP contribution >= 0.6 is 0 Å². The van der Waals surface area contributed by atoms with Crippen molar-refractivity contribution in [3.8, 4) is 0 Å². The number of rotatable bonds is 2. The van der Waals surface area contributed by atoms with Crippen LogP contribution in [0.3, 0.4) is 0 Å². The van der Waals surface area contributed by atoms with E-state index >= 15 is 0 Å². The molecule has 0 unspecified atom stereocenters. The third-order valence-electron chi connectivity index (χ3n) is 2.77. The predicted molar refractivity (Wildman–Crippen MR) is 57.4 cm³/mol. The van der Waals surface area contributed by atoms with E-state index in [4.69, 9.17) is 5.73 Å². The second-order valence-electron chi connectivity index (χ2n) is 4.01. The first-order valence-electron chi connectivity index (χ1n) is 5.19. The van der Waals surface area contributed by atoms with Crippen LogP contribution in [0.2, 0.25) is 0 Å². The molecule has 0 aliphatic carbocycles. The maximum Gasteiger partial charge on any atom is 0.205 e. The van der Waals surface area contributed by atoms with Crippen molar-refractivity contribution in [1.29, 1.82) is 0 Å². The summed E-state index contributed by atoms with van der Waals surface area (Å²) in [6, 6.07) is 0. The van der Waals surface area contributed by atoms with Gasteiger partial charge in [-0.1, -0.05) is 0 Å². The zero-order valence-electron chi connectivity index (χ0n) is 8.95. The number of fused-ring (bicyclic) bond motifs is 1. The van der Waals surface area contributed by atoms with E-state index < -0.39 is 0 Å². The number of hydrogen-bond acceptors (Lipinski definition) is 3. The van der Waals surface area contributed by atoms with Gasteiger partial charge in [-0.25, -0.2) is 4.98 Å². The van der Waals surface area contributed by atoms with E-state index in [9.17, 15) is 0 Å². The lowest BCUT2D eigenvalue weighted by Crippen LogP contribution is -2.19. The second-order valence-corrected chi connectivity index (χ2v) is 4.01. The molecule has 14 heavy (non-hydrogen) atoms. The summed E-state index contributed by atoms with van der Waals surface area (Å²) in [5, 5.41) is 0. The highest BCUT2D eigenvalue weighted by Crippen LogP contribution is 2.24. The lowest BCUT2D eigenvalue weighted by atomic mass is 10.1. The molecule has 1 aromatic heterocycles. The fourth-order valence-electron chi connectivity index (χ4n) is 2.10. The summed E-state index contributed by atoms with van der Waals surface area (Å²) in [7, 11) is 4.06. The van der Waals surface area contributed by atoms with Gasteiger partial charge in [0.15, 0.2) is 0 Å². The molecule has 1 aliphatic rings. The molecule has 0 bridgehead atoms. The summed E-state index contributed by atoms with van der Waals surface area (Å²) >= 11 is 0. The number of hydrogen-bond donors (Lipinski definition) is 1. The van der Waals surface area contributed by atoms with Gasteiger partial charge in [-0.2, -0.15) is 0 Å². The van der Waals surface area contributed by atoms with Crippen molar-refractivity contribution in [1.82, 2.24) is 9.55 Å². The van der Waals surface area contributed by atoms with Crippen LogP contribution in [0, 0.1) is 0 Å². The average molecular weight is 194 g/mol. The molecule has 2 N–H and O–H groups in total. The number of anilines is 1. The van der Waals surface area contributed by atoms with Gasteiger partial charge in [-0.05, 0) is 19.3 Å². The van der Waals surface area contributed by atoms with Crippen molar-refractivity contribution in [2.24, 2.45) is 5.73 Å². The Balaban J connectivity index is 2.46. The molecular formula is C10H18N4. The van der Waals surface area contributed by atoms with Gasteiger partial charge in [0, 0.05) is 32.9 Å². The van der Waals surface area contributed by atoms with Crippen molar-refractivity contribution in [2.45, 2.75) is 32.4 Å². The Bertz CT molecular complexity index is 327. The van der Waals surface area contributed by atoms with E-state index in [1.54, 1.807) is 0 Å². The van der Waals surface area contributed by atoms with Gasteiger partial charge in [0.25, 0.3) is 0 Å². The molecule has 4 heteroatoms. The second kappa shape index (κ2) is 3.61. The predicted octanol–water partition coefficient (Wildman–Crippen LogP) is 0.744. The fraction of sp³-hybridized carbons (Fsp3) is 0.700. The molecule has 0 atom stereocenters. The summed E-state index contributed by atoms with van der Waals surface area (Å²) in [6.45, 7) is 1.65. The van der Waals surface area contributed by atoms with E-state index in [1.165, 1.54) is 18.5 Å².